The third-order valence-corrected chi connectivity index (χ3v) is 4.73. The molecule has 0 spiro atoms. The topological polar surface area (TPSA) is 132 Å². The van der Waals surface area contributed by atoms with Crippen LogP contribution in [0.1, 0.15) is 26.4 Å². The van der Waals surface area contributed by atoms with Crippen molar-refractivity contribution in [3.63, 3.8) is 0 Å². The van der Waals surface area contributed by atoms with Gasteiger partial charge in [0, 0.05) is 48.5 Å². The van der Waals surface area contributed by atoms with Crippen molar-refractivity contribution in [2.45, 2.75) is 6.54 Å². The monoisotopic (exact) mass is 442 g/mol. The van der Waals surface area contributed by atoms with E-state index in [4.69, 9.17) is 0 Å². The van der Waals surface area contributed by atoms with Gasteiger partial charge in [-0.1, -0.05) is 12.1 Å². The first-order valence-corrected chi connectivity index (χ1v) is 9.88. The maximum atomic E-state index is 12.5. The van der Waals surface area contributed by atoms with Gasteiger partial charge in [0.2, 0.25) is 0 Å². The molecule has 0 fully saturated rings. The number of nitro benzene ring substituents is 1. The lowest BCUT2D eigenvalue weighted by Crippen LogP contribution is -2.23. The van der Waals surface area contributed by atoms with Gasteiger partial charge in [-0.25, -0.2) is 4.68 Å². The molecule has 4 rings (SSSR count). The van der Waals surface area contributed by atoms with Crippen molar-refractivity contribution in [2.75, 3.05) is 5.32 Å². The number of carbonyl (C=O) groups excluding carboxylic acids is 2. The van der Waals surface area contributed by atoms with Gasteiger partial charge in [0.15, 0.2) is 5.69 Å². The number of rotatable bonds is 7. The fourth-order valence-electron chi connectivity index (χ4n) is 3.05. The van der Waals surface area contributed by atoms with E-state index in [1.165, 1.54) is 16.8 Å². The molecule has 0 aliphatic rings. The minimum atomic E-state index is -0.481. The van der Waals surface area contributed by atoms with Gasteiger partial charge >= 0.3 is 0 Å². The lowest BCUT2D eigenvalue weighted by atomic mass is 10.2. The summed E-state index contributed by atoms with van der Waals surface area (Å²) in [5.41, 5.74) is 2.67. The van der Waals surface area contributed by atoms with Crippen molar-refractivity contribution in [1.29, 1.82) is 0 Å². The highest BCUT2D eigenvalue weighted by Crippen LogP contribution is 2.15. The Morgan fingerprint density at radius 3 is 2.45 bits per heavy atom. The van der Waals surface area contributed by atoms with E-state index in [1.54, 1.807) is 67.1 Å². The van der Waals surface area contributed by atoms with Crippen LogP contribution >= 0.6 is 0 Å². The number of hydrogen-bond acceptors (Lipinski definition) is 6. The largest absolute Gasteiger partial charge is 0.347 e. The zero-order valence-electron chi connectivity index (χ0n) is 17.2. The number of pyridine rings is 1. The SMILES string of the molecule is O=C(Nc1cccc(CNC(=O)c2ccn(-c3ccc([N+](=O)[O-])cc3)n2)c1)c1ccncc1. The summed E-state index contributed by atoms with van der Waals surface area (Å²) in [4.78, 5) is 39.0. The van der Waals surface area contributed by atoms with Gasteiger partial charge < -0.3 is 10.6 Å². The Balaban J connectivity index is 1.37. The number of nitrogens with one attached hydrogen (secondary N) is 2. The molecule has 2 aromatic carbocycles. The molecule has 0 saturated carbocycles. The normalized spacial score (nSPS) is 10.4. The molecule has 2 N–H and O–H groups in total. The summed E-state index contributed by atoms with van der Waals surface area (Å²) in [6.45, 7) is 0.238. The van der Waals surface area contributed by atoms with Crippen LogP contribution in [0.2, 0.25) is 0 Å². The standard InChI is InChI=1S/C23H18N6O4/c30-22(17-8-11-24-12-9-17)26-18-3-1-2-16(14-18)15-25-23(31)21-10-13-28(27-21)19-4-6-20(7-5-19)29(32)33/h1-14H,15H2,(H,25,31)(H,26,30). The van der Waals surface area contributed by atoms with Crippen molar-refractivity contribution < 1.29 is 14.5 Å². The number of benzene rings is 2. The zero-order chi connectivity index (χ0) is 23.2. The second-order valence-electron chi connectivity index (χ2n) is 6.99. The summed E-state index contributed by atoms with van der Waals surface area (Å²) in [5.74, 6) is -0.628. The Bertz CT molecular complexity index is 1300. The average Bonchev–Trinajstić information content (AvgIpc) is 3.34. The summed E-state index contributed by atoms with van der Waals surface area (Å²) in [6, 6.07) is 17.8. The molecule has 10 heteroatoms. The van der Waals surface area contributed by atoms with Crippen LogP contribution < -0.4 is 10.6 Å². The molecule has 0 aliphatic heterocycles. The molecule has 2 aromatic heterocycles. The first-order chi connectivity index (χ1) is 16.0. The molecule has 0 bridgehead atoms. The molecule has 2 amide bonds. The summed E-state index contributed by atoms with van der Waals surface area (Å²) in [5, 5.41) is 20.6. The third-order valence-electron chi connectivity index (χ3n) is 4.73. The molecule has 4 aromatic rings. The fourth-order valence-corrected chi connectivity index (χ4v) is 3.05. The molecule has 0 aliphatic carbocycles. The Morgan fingerprint density at radius 2 is 1.73 bits per heavy atom. The second-order valence-corrected chi connectivity index (χ2v) is 6.99. The lowest BCUT2D eigenvalue weighted by Gasteiger charge is -2.08. The van der Waals surface area contributed by atoms with Crippen molar-refractivity contribution in [1.82, 2.24) is 20.1 Å². The highest BCUT2D eigenvalue weighted by molar-refractivity contribution is 6.04. The van der Waals surface area contributed by atoms with Crippen LogP contribution in [0.4, 0.5) is 11.4 Å². The van der Waals surface area contributed by atoms with Crippen LogP contribution in [-0.4, -0.2) is 31.5 Å². The van der Waals surface area contributed by atoms with E-state index in [-0.39, 0.29) is 29.7 Å². The minimum absolute atomic E-state index is 0.0249. The first-order valence-electron chi connectivity index (χ1n) is 9.88. The molecule has 33 heavy (non-hydrogen) atoms. The number of nitrogens with zero attached hydrogens (tertiary/aromatic N) is 4. The maximum absolute atomic E-state index is 12.5. The smallest absolute Gasteiger partial charge is 0.272 e. The van der Waals surface area contributed by atoms with Crippen LogP contribution in [0, 0.1) is 10.1 Å². The molecule has 0 unspecified atom stereocenters. The molecule has 10 nitrogen and oxygen atoms in total. The second kappa shape index (κ2) is 9.52. The number of hydrogen-bond donors (Lipinski definition) is 2. The van der Waals surface area contributed by atoms with Crippen molar-refractivity contribution >= 4 is 23.2 Å². The van der Waals surface area contributed by atoms with Gasteiger partial charge in [-0.3, -0.25) is 24.7 Å². The van der Waals surface area contributed by atoms with Gasteiger partial charge in [0.05, 0.1) is 10.6 Å². The van der Waals surface area contributed by atoms with E-state index >= 15 is 0 Å². The van der Waals surface area contributed by atoms with Crippen LogP contribution in [0.25, 0.3) is 5.69 Å². The van der Waals surface area contributed by atoms with Crippen LogP contribution in [0.3, 0.4) is 0 Å². The quantitative estimate of drug-likeness (QED) is 0.333. The molecule has 164 valence electrons. The van der Waals surface area contributed by atoms with Gasteiger partial charge in [-0.05, 0) is 48.0 Å². The molecular formula is C23H18N6O4. The summed E-state index contributed by atoms with van der Waals surface area (Å²) >= 11 is 0. The number of non-ortho nitro benzene ring substituents is 1. The molecule has 0 atom stereocenters. The summed E-state index contributed by atoms with van der Waals surface area (Å²) < 4.78 is 1.47. The van der Waals surface area contributed by atoms with E-state index in [2.05, 4.69) is 20.7 Å². The Morgan fingerprint density at radius 1 is 0.970 bits per heavy atom. The summed E-state index contributed by atoms with van der Waals surface area (Å²) in [6.07, 6.45) is 4.69. The molecular weight excluding hydrogens is 424 g/mol. The Hall–Kier alpha value is -4.86. The van der Waals surface area contributed by atoms with Crippen LogP contribution in [0.5, 0.6) is 0 Å². The third kappa shape index (κ3) is 5.25. The number of carbonyl (C=O) groups is 2. The number of aromatic nitrogens is 3. The fraction of sp³-hybridized carbons (Fsp3) is 0.0435. The molecule has 0 radical (unpaired) electrons. The lowest BCUT2D eigenvalue weighted by molar-refractivity contribution is -0.384. The highest BCUT2D eigenvalue weighted by Gasteiger charge is 2.12. The average molecular weight is 442 g/mol. The first kappa shape index (κ1) is 21.4. The maximum Gasteiger partial charge on any atom is 0.272 e. The predicted molar refractivity (Wildman–Crippen MR) is 120 cm³/mol. The minimum Gasteiger partial charge on any atom is -0.347 e. The Kier molecular flexibility index (Phi) is 6.17. The number of nitro groups is 1. The zero-order valence-corrected chi connectivity index (χ0v) is 17.2. The van der Waals surface area contributed by atoms with Crippen molar-refractivity contribution in [3.8, 4) is 5.69 Å². The van der Waals surface area contributed by atoms with E-state index in [9.17, 15) is 19.7 Å². The van der Waals surface area contributed by atoms with E-state index in [0.29, 0.717) is 16.9 Å². The van der Waals surface area contributed by atoms with Crippen LogP contribution in [-0.2, 0) is 6.54 Å². The molecule has 0 saturated heterocycles. The van der Waals surface area contributed by atoms with E-state index < -0.39 is 4.92 Å². The van der Waals surface area contributed by atoms with E-state index in [0.717, 1.165) is 5.56 Å². The van der Waals surface area contributed by atoms with Crippen molar-refractivity contribution in [3.05, 3.63) is 112 Å². The van der Waals surface area contributed by atoms with Gasteiger partial charge in [-0.15, -0.1) is 0 Å². The Labute approximate surface area is 188 Å². The number of amides is 2. The van der Waals surface area contributed by atoms with Gasteiger partial charge in [0.25, 0.3) is 17.5 Å². The van der Waals surface area contributed by atoms with Crippen molar-refractivity contribution in [2.24, 2.45) is 0 Å². The number of anilines is 1. The summed E-state index contributed by atoms with van der Waals surface area (Å²) in [7, 11) is 0. The van der Waals surface area contributed by atoms with Crippen LogP contribution in [0.15, 0.2) is 85.3 Å². The predicted octanol–water partition coefficient (Wildman–Crippen LogP) is 3.36. The van der Waals surface area contributed by atoms with E-state index in [1.807, 2.05) is 6.07 Å². The molecule has 2 heterocycles. The van der Waals surface area contributed by atoms with Gasteiger partial charge in [0.1, 0.15) is 0 Å². The van der Waals surface area contributed by atoms with Gasteiger partial charge in [-0.2, -0.15) is 5.10 Å². The highest BCUT2D eigenvalue weighted by atomic mass is 16.6.